The van der Waals surface area contributed by atoms with Gasteiger partial charge in [0.2, 0.25) is 0 Å². The molecule has 64 valence electrons. The zero-order valence-electron chi connectivity index (χ0n) is 7.29. The largest absolute Gasteiger partial charge is 0.492 e. The summed E-state index contributed by atoms with van der Waals surface area (Å²) in [6, 6.07) is 3.93. The van der Waals surface area contributed by atoms with E-state index in [2.05, 4.69) is 11.9 Å². The Kier molecular flexibility index (Phi) is 1.98. The molecule has 0 radical (unpaired) electrons. The second kappa shape index (κ2) is 3.13. The number of hydrogen-bond acceptors (Lipinski definition) is 2. The van der Waals surface area contributed by atoms with Crippen LogP contribution in [-0.4, -0.2) is 11.6 Å². The van der Waals surface area contributed by atoms with E-state index in [1.54, 1.807) is 0 Å². The van der Waals surface area contributed by atoms with Crippen LogP contribution in [0.3, 0.4) is 0 Å². The van der Waals surface area contributed by atoms with Gasteiger partial charge in [0, 0.05) is 12.1 Å². The van der Waals surface area contributed by atoms with Crippen LogP contribution in [0.5, 0.6) is 5.75 Å². The van der Waals surface area contributed by atoms with Crippen LogP contribution in [0.2, 0.25) is 0 Å². The molecule has 1 aliphatic rings. The third kappa shape index (κ3) is 1.17. The van der Waals surface area contributed by atoms with Gasteiger partial charge in [0.25, 0.3) is 0 Å². The van der Waals surface area contributed by atoms with Crippen molar-refractivity contribution in [1.29, 1.82) is 0 Å². The molecule has 0 saturated heterocycles. The molecule has 0 amide bonds. The summed E-state index contributed by atoms with van der Waals surface area (Å²) < 4.78 is 5.49. The van der Waals surface area contributed by atoms with Crippen molar-refractivity contribution in [3.63, 3.8) is 0 Å². The van der Waals surface area contributed by atoms with E-state index < -0.39 is 0 Å². The van der Waals surface area contributed by atoms with Crippen LogP contribution < -0.4 is 4.74 Å². The third-order valence-corrected chi connectivity index (χ3v) is 2.40. The van der Waals surface area contributed by atoms with Gasteiger partial charge in [-0.3, -0.25) is 4.98 Å². The predicted molar refractivity (Wildman–Crippen MR) is 47.4 cm³/mol. The maximum absolute atomic E-state index is 5.49. The van der Waals surface area contributed by atoms with Gasteiger partial charge in [-0.2, -0.15) is 0 Å². The van der Waals surface area contributed by atoms with Crippen molar-refractivity contribution in [3.8, 4) is 5.75 Å². The highest BCUT2D eigenvalue weighted by atomic mass is 16.5. The lowest BCUT2D eigenvalue weighted by Crippen LogP contribution is -2.14. The first-order valence-electron chi connectivity index (χ1n) is 4.49. The molecule has 2 heteroatoms. The van der Waals surface area contributed by atoms with Crippen LogP contribution in [0, 0.1) is 0 Å². The molecule has 2 nitrogen and oxygen atoms in total. The van der Waals surface area contributed by atoms with Gasteiger partial charge in [-0.25, -0.2) is 0 Å². The molecule has 0 saturated carbocycles. The van der Waals surface area contributed by atoms with Crippen molar-refractivity contribution in [2.24, 2.45) is 0 Å². The summed E-state index contributed by atoms with van der Waals surface area (Å²) >= 11 is 0. The molecule has 0 bridgehead atoms. The Bertz CT molecular complexity index is 272. The second-order valence-corrected chi connectivity index (χ2v) is 3.13. The van der Waals surface area contributed by atoms with E-state index in [1.807, 2.05) is 18.3 Å². The third-order valence-electron chi connectivity index (χ3n) is 2.40. The fourth-order valence-electron chi connectivity index (χ4n) is 1.68. The Hall–Kier alpha value is -1.05. The number of rotatable bonds is 1. The van der Waals surface area contributed by atoms with Crippen molar-refractivity contribution < 1.29 is 4.74 Å². The molecule has 12 heavy (non-hydrogen) atoms. The zero-order chi connectivity index (χ0) is 8.39. The smallest absolute Gasteiger partial charge is 0.141 e. The second-order valence-electron chi connectivity index (χ2n) is 3.13. The number of aromatic nitrogens is 1. The van der Waals surface area contributed by atoms with Crippen LogP contribution in [0.4, 0.5) is 0 Å². The summed E-state index contributed by atoms with van der Waals surface area (Å²) in [6.07, 6.45) is 4.12. The first-order valence-corrected chi connectivity index (χ1v) is 4.49. The Morgan fingerprint density at radius 2 is 2.58 bits per heavy atom. The first kappa shape index (κ1) is 7.59. The predicted octanol–water partition coefficient (Wildman–Crippen LogP) is 2.36. The molecule has 2 rings (SSSR count). The molecule has 0 aliphatic carbocycles. The molecule has 0 fully saturated rings. The number of fused-ring (bicyclic) bond motifs is 1. The molecule has 1 aliphatic heterocycles. The minimum Gasteiger partial charge on any atom is -0.492 e. The van der Waals surface area contributed by atoms with Crippen molar-refractivity contribution >= 4 is 0 Å². The quantitative estimate of drug-likeness (QED) is 0.634. The molecule has 1 aromatic heterocycles. The molecular weight excluding hydrogens is 150 g/mol. The minimum atomic E-state index is 0.606. The zero-order valence-corrected chi connectivity index (χ0v) is 7.29. The standard InChI is InChI=1S/C10H13NO/c1-2-8-5-7-12-9-4-3-6-11-10(8)9/h3-4,6,8H,2,5,7H2,1H3. The fourth-order valence-corrected chi connectivity index (χ4v) is 1.68. The van der Waals surface area contributed by atoms with E-state index in [0.29, 0.717) is 5.92 Å². The Morgan fingerprint density at radius 1 is 1.67 bits per heavy atom. The molecule has 0 N–H and O–H groups in total. The van der Waals surface area contributed by atoms with Crippen molar-refractivity contribution in [1.82, 2.24) is 4.98 Å². The summed E-state index contributed by atoms with van der Waals surface area (Å²) in [5, 5.41) is 0. The van der Waals surface area contributed by atoms with Gasteiger partial charge >= 0.3 is 0 Å². The average Bonchev–Trinajstić information content (AvgIpc) is 2.17. The Balaban J connectivity index is 2.37. The molecule has 1 unspecified atom stereocenters. The van der Waals surface area contributed by atoms with Gasteiger partial charge in [-0.1, -0.05) is 6.92 Å². The molecule has 1 atom stereocenters. The Labute approximate surface area is 72.6 Å². The minimum absolute atomic E-state index is 0.606. The van der Waals surface area contributed by atoms with Crippen molar-refractivity contribution in [2.45, 2.75) is 25.7 Å². The topological polar surface area (TPSA) is 22.1 Å². The van der Waals surface area contributed by atoms with Gasteiger partial charge in [-0.15, -0.1) is 0 Å². The van der Waals surface area contributed by atoms with Gasteiger partial charge < -0.3 is 4.74 Å². The maximum Gasteiger partial charge on any atom is 0.141 e. The van der Waals surface area contributed by atoms with Crippen LogP contribution in [-0.2, 0) is 0 Å². The highest BCUT2D eigenvalue weighted by Crippen LogP contribution is 2.33. The average molecular weight is 163 g/mol. The van der Waals surface area contributed by atoms with E-state index in [9.17, 15) is 0 Å². The van der Waals surface area contributed by atoms with Crippen LogP contribution >= 0.6 is 0 Å². The van der Waals surface area contributed by atoms with Gasteiger partial charge in [0.05, 0.1) is 12.3 Å². The van der Waals surface area contributed by atoms with Crippen LogP contribution in [0.15, 0.2) is 18.3 Å². The molecular formula is C10H13NO. The lowest BCUT2D eigenvalue weighted by Gasteiger charge is -2.23. The maximum atomic E-state index is 5.49. The summed E-state index contributed by atoms with van der Waals surface area (Å²) in [6.45, 7) is 3.05. The molecule has 2 heterocycles. The summed E-state index contributed by atoms with van der Waals surface area (Å²) in [7, 11) is 0. The summed E-state index contributed by atoms with van der Waals surface area (Å²) in [5.41, 5.74) is 1.14. The van der Waals surface area contributed by atoms with Crippen molar-refractivity contribution in [3.05, 3.63) is 24.0 Å². The highest BCUT2D eigenvalue weighted by Gasteiger charge is 2.20. The molecule has 0 spiro atoms. The first-order chi connectivity index (χ1) is 5.92. The lowest BCUT2D eigenvalue weighted by molar-refractivity contribution is 0.261. The van der Waals surface area contributed by atoms with Gasteiger partial charge in [0.15, 0.2) is 0 Å². The number of ether oxygens (including phenoxy) is 1. The van der Waals surface area contributed by atoms with Crippen LogP contribution in [0.1, 0.15) is 31.4 Å². The molecule has 0 aromatic carbocycles. The van der Waals surface area contributed by atoms with Crippen molar-refractivity contribution in [2.75, 3.05) is 6.61 Å². The fraction of sp³-hybridized carbons (Fsp3) is 0.500. The van der Waals surface area contributed by atoms with E-state index >= 15 is 0 Å². The van der Waals surface area contributed by atoms with E-state index in [-0.39, 0.29) is 0 Å². The van der Waals surface area contributed by atoms with E-state index in [1.165, 1.54) is 0 Å². The highest BCUT2D eigenvalue weighted by molar-refractivity contribution is 5.31. The monoisotopic (exact) mass is 163 g/mol. The molecule has 1 aromatic rings. The van der Waals surface area contributed by atoms with Crippen LogP contribution in [0.25, 0.3) is 0 Å². The summed E-state index contributed by atoms with van der Waals surface area (Å²) in [4.78, 5) is 4.35. The number of nitrogens with zero attached hydrogens (tertiary/aromatic N) is 1. The number of pyridine rings is 1. The van der Waals surface area contributed by atoms with E-state index in [0.717, 1.165) is 30.9 Å². The lowest BCUT2D eigenvalue weighted by atomic mass is 9.96. The van der Waals surface area contributed by atoms with Gasteiger partial charge in [0.1, 0.15) is 5.75 Å². The van der Waals surface area contributed by atoms with Gasteiger partial charge in [-0.05, 0) is 25.0 Å². The number of hydrogen-bond donors (Lipinski definition) is 0. The SMILES string of the molecule is CCC1CCOc2cccnc21. The van der Waals surface area contributed by atoms with E-state index in [4.69, 9.17) is 4.74 Å². The Morgan fingerprint density at radius 3 is 3.42 bits per heavy atom. The normalized spacial score (nSPS) is 21.2. The summed E-state index contributed by atoms with van der Waals surface area (Å²) in [5.74, 6) is 1.59.